The molecule has 1 aromatic carbocycles. The molecule has 1 rings (SSSR count). The number of benzene rings is 1. The second kappa shape index (κ2) is 6.84. The Labute approximate surface area is 111 Å². The van der Waals surface area contributed by atoms with E-state index in [0.717, 1.165) is 18.9 Å². The van der Waals surface area contributed by atoms with E-state index >= 15 is 0 Å². The number of nitrogens with one attached hydrogen (secondary N) is 1. The Morgan fingerprint density at radius 1 is 1.42 bits per heavy atom. The van der Waals surface area contributed by atoms with E-state index in [2.05, 4.69) is 5.32 Å². The zero-order valence-corrected chi connectivity index (χ0v) is 10.8. The van der Waals surface area contributed by atoms with Gasteiger partial charge in [0.05, 0.1) is 11.6 Å². The summed E-state index contributed by atoms with van der Waals surface area (Å²) in [4.78, 5) is 22.7. The Morgan fingerprint density at radius 2 is 2.11 bits per heavy atom. The first-order valence-corrected chi connectivity index (χ1v) is 6.11. The summed E-state index contributed by atoms with van der Waals surface area (Å²) in [5.74, 6) is -1.97. The van der Waals surface area contributed by atoms with Gasteiger partial charge in [-0.3, -0.25) is 9.59 Å². The van der Waals surface area contributed by atoms with Gasteiger partial charge in [-0.05, 0) is 24.6 Å². The van der Waals surface area contributed by atoms with Crippen molar-refractivity contribution in [2.24, 2.45) is 11.5 Å². The van der Waals surface area contributed by atoms with E-state index in [1.165, 1.54) is 12.1 Å². The molecule has 0 aromatic heterocycles. The minimum atomic E-state index is -0.885. The van der Waals surface area contributed by atoms with Crippen molar-refractivity contribution in [1.82, 2.24) is 0 Å². The monoisotopic (exact) mass is 267 g/mol. The number of hydrogen-bond donors (Lipinski definition) is 3. The molecule has 0 spiro atoms. The number of hydrogen-bond acceptors (Lipinski definition) is 3. The number of amides is 2. The molecule has 2 amide bonds. The summed E-state index contributed by atoms with van der Waals surface area (Å²) in [6.45, 7) is 2.00. The van der Waals surface area contributed by atoms with Gasteiger partial charge in [0, 0.05) is 5.69 Å². The highest BCUT2D eigenvalue weighted by Crippen LogP contribution is 2.15. The molecule has 0 fully saturated rings. The van der Waals surface area contributed by atoms with Crippen LogP contribution in [0, 0.1) is 5.82 Å². The van der Waals surface area contributed by atoms with E-state index in [0.29, 0.717) is 12.1 Å². The van der Waals surface area contributed by atoms with Crippen LogP contribution in [0.15, 0.2) is 18.2 Å². The van der Waals surface area contributed by atoms with Crippen molar-refractivity contribution >= 4 is 17.5 Å². The van der Waals surface area contributed by atoms with E-state index in [4.69, 9.17) is 11.5 Å². The quantitative estimate of drug-likeness (QED) is 0.726. The number of rotatable bonds is 6. The molecule has 19 heavy (non-hydrogen) atoms. The van der Waals surface area contributed by atoms with E-state index < -0.39 is 17.8 Å². The molecule has 0 saturated carbocycles. The molecule has 6 heteroatoms. The lowest BCUT2D eigenvalue weighted by Crippen LogP contribution is -2.35. The molecule has 0 radical (unpaired) electrons. The van der Waals surface area contributed by atoms with E-state index in [9.17, 15) is 14.0 Å². The number of halogens is 1. The summed E-state index contributed by atoms with van der Waals surface area (Å²) >= 11 is 0. The molecule has 104 valence electrons. The Balaban J connectivity index is 2.74. The fraction of sp³-hybridized carbons (Fsp3) is 0.385. The molecule has 0 aliphatic rings. The largest absolute Gasteiger partial charge is 0.366 e. The summed E-state index contributed by atoms with van der Waals surface area (Å²) in [6, 6.07) is 3.00. The second-order valence-electron chi connectivity index (χ2n) is 4.30. The van der Waals surface area contributed by atoms with Crippen molar-refractivity contribution in [3.8, 4) is 0 Å². The molecule has 1 atom stereocenters. The van der Waals surface area contributed by atoms with Gasteiger partial charge in [-0.25, -0.2) is 4.39 Å². The fourth-order valence-corrected chi connectivity index (χ4v) is 1.58. The van der Waals surface area contributed by atoms with Gasteiger partial charge in [0.1, 0.15) is 5.82 Å². The third-order valence-corrected chi connectivity index (χ3v) is 2.70. The van der Waals surface area contributed by atoms with Crippen molar-refractivity contribution in [3.63, 3.8) is 0 Å². The van der Waals surface area contributed by atoms with Crippen molar-refractivity contribution in [1.29, 1.82) is 0 Å². The van der Waals surface area contributed by atoms with Crippen LogP contribution in [0.3, 0.4) is 0 Å². The molecule has 1 unspecified atom stereocenters. The van der Waals surface area contributed by atoms with Gasteiger partial charge in [0.2, 0.25) is 5.91 Å². The third kappa shape index (κ3) is 4.33. The molecule has 0 heterocycles. The highest BCUT2D eigenvalue weighted by Gasteiger charge is 2.15. The standard InChI is InChI=1S/C13H18FN3O2/c1-2-3-4-11(15)13(19)17-8-5-6-10(14)9(7-8)12(16)18/h5-7,11H,2-4,15H2,1H3,(H2,16,18)(H,17,19). The number of anilines is 1. The van der Waals surface area contributed by atoms with E-state index in [1.54, 1.807) is 0 Å². The van der Waals surface area contributed by atoms with Gasteiger partial charge in [-0.15, -0.1) is 0 Å². The molecule has 0 saturated heterocycles. The molecule has 1 aromatic rings. The Kier molecular flexibility index (Phi) is 5.44. The molecule has 0 aliphatic heterocycles. The number of nitrogens with two attached hydrogens (primary N) is 2. The summed E-state index contributed by atoms with van der Waals surface area (Å²) in [5.41, 5.74) is 10.8. The van der Waals surface area contributed by atoms with Crippen LogP contribution in [0.5, 0.6) is 0 Å². The van der Waals surface area contributed by atoms with Gasteiger partial charge >= 0.3 is 0 Å². The zero-order chi connectivity index (χ0) is 14.4. The van der Waals surface area contributed by atoms with E-state index in [1.807, 2.05) is 6.92 Å². The van der Waals surface area contributed by atoms with Crippen LogP contribution >= 0.6 is 0 Å². The minimum Gasteiger partial charge on any atom is -0.366 e. The molecular formula is C13H18FN3O2. The van der Waals surface area contributed by atoms with Gasteiger partial charge < -0.3 is 16.8 Å². The normalized spacial score (nSPS) is 11.9. The Bertz CT molecular complexity index is 477. The number of carbonyl (C=O) groups excluding carboxylic acids is 2. The van der Waals surface area contributed by atoms with Crippen molar-refractivity contribution in [3.05, 3.63) is 29.6 Å². The predicted molar refractivity (Wildman–Crippen MR) is 71.0 cm³/mol. The highest BCUT2D eigenvalue weighted by molar-refractivity contribution is 5.98. The van der Waals surface area contributed by atoms with Crippen LogP contribution in [-0.4, -0.2) is 17.9 Å². The Hall–Kier alpha value is -1.95. The lowest BCUT2D eigenvalue weighted by molar-refractivity contribution is -0.117. The fourth-order valence-electron chi connectivity index (χ4n) is 1.58. The first-order valence-electron chi connectivity index (χ1n) is 6.11. The van der Waals surface area contributed by atoms with Gasteiger partial charge in [0.25, 0.3) is 5.91 Å². The van der Waals surface area contributed by atoms with Gasteiger partial charge in [-0.1, -0.05) is 19.8 Å². The lowest BCUT2D eigenvalue weighted by Gasteiger charge is -2.12. The van der Waals surface area contributed by atoms with Crippen LogP contribution in [-0.2, 0) is 4.79 Å². The SMILES string of the molecule is CCCCC(N)C(=O)Nc1ccc(F)c(C(N)=O)c1. The number of carbonyl (C=O) groups is 2. The topological polar surface area (TPSA) is 98.2 Å². The molecule has 0 bridgehead atoms. The van der Waals surface area contributed by atoms with Crippen molar-refractivity contribution in [2.45, 2.75) is 32.2 Å². The lowest BCUT2D eigenvalue weighted by atomic mass is 10.1. The average molecular weight is 267 g/mol. The van der Waals surface area contributed by atoms with Crippen LogP contribution in [0.2, 0.25) is 0 Å². The first kappa shape index (κ1) is 15.1. The molecule has 5 N–H and O–H groups in total. The summed E-state index contributed by atoms with van der Waals surface area (Å²) in [5, 5.41) is 2.53. The minimum absolute atomic E-state index is 0.264. The van der Waals surface area contributed by atoms with Crippen molar-refractivity contribution in [2.75, 3.05) is 5.32 Å². The maximum atomic E-state index is 13.2. The molecular weight excluding hydrogens is 249 g/mol. The third-order valence-electron chi connectivity index (χ3n) is 2.70. The Morgan fingerprint density at radius 3 is 2.68 bits per heavy atom. The highest BCUT2D eigenvalue weighted by atomic mass is 19.1. The van der Waals surface area contributed by atoms with Crippen LogP contribution in [0.4, 0.5) is 10.1 Å². The second-order valence-corrected chi connectivity index (χ2v) is 4.30. The maximum absolute atomic E-state index is 13.2. The molecule has 0 aliphatic carbocycles. The average Bonchev–Trinajstić information content (AvgIpc) is 2.37. The summed E-state index contributed by atoms with van der Waals surface area (Å²) < 4.78 is 13.2. The predicted octanol–water partition coefficient (Wildman–Crippen LogP) is 1.38. The number of unbranched alkanes of at least 4 members (excludes halogenated alkanes) is 1. The van der Waals surface area contributed by atoms with Gasteiger partial charge in [-0.2, -0.15) is 0 Å². The molecule has 5 nitrogen and oxygen atoms in total. The smallest absolute Gasteiger partial charge is 0.251 e. The summed E-state index contributed by atoms with van der Waals surface area (Å²) in [6.07, 6.45) is 2.38. The van der Waals surface area contributed by atoms with Crippen LogP contribution in [0.1, 0.15) is 36.5 Å². The maximum Gasteiger partial charge on any atom is 0.251 e. The number of primary amides is 1. The summed E-state index contributed by atoms with van der Waals surface area (Å²) in [7, 11) is 0. The van der Waals surface area contributed by atoms with E-state index in [-0.39, 0.29) is 11.5 Å². The van der Waals surface area contributed by atoms with Gasteiger partial charge in [0.15, 0.2) is 0 Å². The van der Waals surface area contributed by atoms with Crippen LogP contribution < -0.4 is 16.8 Å². The van der Waals surface area contributed by atoms with Crippen LogP contribution in [0.25, 0.3) is 0 Å². The zero-order valence-electron chi connectivity index (χ0n) is 10.8. The van der Waals surface area contributed by atoms with Crippen molar-refractivity contribution < 1.29 is 14.0 Å². The first-order chi connectivity index (χ1) is 8.95.